The highest BCUT2D eigenvalue weighted by atomic mass is 32.1. The first-order chi connectivity index (χ1) is 8.74. The highest BCUT2D eigenvalue weighted by Gasteiger charge is 2.41. The van der Waals surface area contributed by atoms with E-state index in [2.05, 4.69) is 4.98 Å². The molecule has 0 aromatic carbocycles. The summed E-state index contributed by atoms with van der Waals surface area (Å²) in [6, 6.07) is 0. The Balaban J connectivity index is 3.00. The first kappa shape index (κ1) is 16.6. The third-order valence-electron chi connectivity index (χ3n) is 1.91. The van der Waals surface area contributed by atoms with Gasteiger partial charge in [0.15, 0.2) is 5.69 Å². The zero-order chi connectivity index (χ0) is 14.7. The highest BCUT2D eigenvalue weighted by Crippen LogP contribution is 2.62. The summed E-state index contributed by atoms with van der Waals surface area (Å²) in [4.78, 5) is 3.10. The molecular weight excluding hydrogens is 309 g/mol. The second-order valence-corrected chi connectivity index (χ2v) is 6.22. The fraction of sp³-hybridized carbons (Fsp3) is 0.667. The Morgan fingerprint density at radius 2 is 1.89 bits per heavy atom. The Labute approximate surface area is 111 Å². The molecule has 1 aromatic heterocycles. The van der Waals surface area contributed by atoms with Crippen LogP contribution in [0.2, 0.25) is 0 Å². The van der Waals surface area contributed by atoms with Crippen molar-refractivity contribution in [3.63, 3.8) is 0 Å². The van der Waals surface area contributed by atoms with Crippen molar-refractivity contribution in [1.82, 2.24) is 4.98 Å². The smallest absolute Gasteiger partial charge is 0.307 e. The van der Waals surface area contributed by atoms with E-state index in [0.29, 0.717) is 16.7 Å². The van der Waals surface area contributed by atoms with E-state index in [0.717, 1.165) is 0 Å². The van der Waals surface area contributed by atoms with Crippen molar-refractivity contribution in [2.24, 2.45) is 0 Å². The van der Waals surface area contributed by atoms with Crippen LogP contribution in [-0.4, -0.2) is 18.2 Å². The maximum Gasteiger partial charge on any atom is 0.434 e. The minimum atomic E-state index is -4.67. The van der Waals surface area contributed by atoms with Crippen molar-refractivity contribution >= 4 is 18.9 Å². The molecule has 0 saturated carbocycles. The lowest BCUT2D eigenvalue weighted by Gasteiger charge is -2.18. The highest BCUT2D eigenvalue weighted by molar-refractivity contribution is 7.54. The van der Waals surface area contributed by atoms with Crippen molar-refractivity contribution in [2.75, 3.05) is 13.2 Å². The van der Waals surface area contributed by atoms with E-state index >= 15 is 0 Å². The quantitative estimate of drug-likeness (QED) is 0.576. The largest absolute Gasteiger partial charge is 0.434 e. The standard InChI is InChI=1S/C9H12F4NO3PS/c1-3-16-18(15,17-4-2)7(10)8-14-6(5-19-8)9(11,12)13/h5,7H,3-4H2,1-2H3. The van der Waals surface area contributed by atoms with Gasteiger partial charge < -0.3 is 9.05 Å². The van der Waals surface area contributed by atoms with Gasteiger partial charge in [-0.15, -0.1) is 11.3 Å². The molecule has 110 valence electrons. The molecular formula is C9H12F4NO3PS. The summed E-state index contributed by atoms with van der Waals surface area (Å²) < 4.78 is 72.6. The number of nitrogens with zero attached hydrogens (tertiary/aromatic N) is 1. The second-order valence-electron chi connectivity index (χ2n) is 3.28. The zero-order valence-corrected chi connectivity index (χ0v) is 11.8. The lowest BCUT2D eigenvalue weighted by atomic mass is 10.5. The maximum atomic E-state index is 14.0. The first-order valence-electron chi connectivity index (χ1n) is 5.30. The van der Waals surface area contributed by atoms with E-state index in [1.165, 1.54) is 13.8 Å². The fourth-order valence-electron chi connectivity index (χ4n) is 1.19. The van der Waals surface area contributed by atoms with E-state index in [9.17, 15) is 22.1 Å². The zero-order valence-electron chi connectivity index (χ0n) is 10.1. The van der Waals surface area contributed by atoms with Gasteiger partial charge in [0.25, 0.3) is 5.91 Å². The minimum absolute atomic E-state index is 0.0881. The molecule has 1 unspecified atom stereocenters. The number of hydrogen-bond donors (Lipinski definition) is 0. The molecule has 0 saturated heterocycles. The van der Waals surface area contributed by atoms with Crippen LogP contribution < -0.4 is 0 Å². The molecule has 0 fully saturated rings. The third kappa shape index (κ3) is 3.98. The third-order valence-corrected chi connectivity index (χ3v) is 5.00. The average molecular weight is 321 g/mol. The van der Waals surface area contributed by atoms with Crippen molar-refractivity contribution in [3.8, 4) is 0 Å². The van der Waals surface area contributed by atoms with Crippen LogP contribution in [0.4, 0.5) is 17.6 Å². The van der Waals surface area contributed by atoms with Crippen LogP contribution in [0.1, 0.15) is 30.5 Å². The van der Waals surface area contributed by atoms with Crippen LogP contribution in [0.3, 0.4) is 0 Å². The summed E-state index contributed by atoms with van der Waals surface area (Å²) in [6.45, 7) is 2.77. The second kappa shape index (κ2) is 6.30. The Hall–Kier alpha value is -0.500. The van der Waals surface area contributed by atoms with Crippen molar-refractivity contribution in [3.05, 3.63) is 16.1 Å². The first-order valence-corrected chi connectivity index (χ1v) is 7.79. The van der Waals surface area contributed by atoms with Crippen molar-refractivity contribution in [1.29, 1.82) is 0 Å². The molecule has 0 aliphatic heterocycles. The minimum Gasteiger partial charge on any atom is -0.307 e. The van der Waals surface area contributed by atoms with Gasteiger partial charge in [0, 0.05) is 5.38 Å². The summed E-state index contributed by atoms with van der Waals surface area (Å²) in [6.07, 6.45) is -4.67. The van der Waals surface area contributed by atoms with Crippen LogP contribution in [0.5, 0.6) is 0 Å². The lowest BCUT2D eigenvalue weighted by molar-refractivity contribution is -0.140. The Bertz CT molecular complexity index is 455. The number of aromatic nitrogens is 1. The predicted octanol–water partition coefficient (Wildman–Crippen LogP) is 4.40. The van der Waals surface area contributed by atoms with E-state index in [1.54, 1.807) is 0 Å². The summed E-state index contributed by atoms with van der Waals surface area (Å²) in [5.41, 5.74) is -1.23. The van der Waals surface area contributed by atoms with Crippen molar-refractivity contribution < 1.29 is 31.2 Å². The Morgan fingerprint density at radius 3 is 2.26 bits per heavy atom. The lowest BCUT2D eigenvalue weighted by Crippen LogP contribution is -2.07. The topological polar surface area (TPSA) is 48.4 Å². The van der Waals surface area contributed by atoms with Gasteiger partial charge in [-0.25, -0.2) is 9.37 Å². The summed E-state index contributed by atoms with van der Waals surface area (Å²) >= 11 is 0.425. The Kier molecular flexibility index (Phi) is 5.49. The van der Waals surface area contributed by atoms with Crippen LogP contribution in [0, 0.1) is 0 Å². The number of alkyl halides is 4. The van der Waals surface area contributed by atoms with Gasteiger partial charge >= 0.3 is 13.8 Å². The molecule has 0 bridgehead atoms. The predicted molar refractivity (Wildman–Crippen MR) is 61.8 cm³/mol. The molecule has 0 aliphatic carbocycles. The molecule has 0 spiro atoms. The summed E-state index contributed by atoms with van der Waals surface area (Å²) in [7, 11) is -4.16. The number of thiazole rings is 1. The molecule has 0 radical (unpaired) electrons. The normalized spacial score (nSPS) is 14.6. The molecule has 1 rings (SSSR count). The molecule has 0 N–H and O–H groups in total. The monoisotopic (exact) mass is 321 g/mol. The number of hydrogen-bond acceptors (Lipinski definition) is 5. The molecule has 10 heteroatoms. The molecule has 1 aromatic rings. The molecule has 19 heavy (non-hydrogen) atoms. The van der Waals surface area contributed by atoms with Crippen LogP contribution >= 0.6 is 18.9 Å². The van der Waals surface area contributed by atoms with E-state index in [-0.39, 0.29) is 13.2 Å². The maximum absolute atomic E-state index is 14.0. The van der Waals surface area contributed by atoms with Gasteiger partial charge in [0.1, 0.15) is 5.01 Å². The molecule has 0 amide bonds. The van der Waals surface area contributed by atoms with Crippen LogP contribution in [0.15, 0.2) is 5.38 Å². The van der Waals surface area contributed by atoms with E-state index < -0.39 is 30.4 Å². The summed E-state index contributed by atoms with van der Waals surface area (Å²) in [5.74, 6) is -2.33. The van der Waals surface area contributed by atoms with E-state index in [4.69, 9.17) is 9.05 Å². The fourth-order valence-corrected chi connectivity index (χ4v) is 3.83. The van der Waals surface area contributed by atoms with Gasteiger partial charge in [0.2, 0.25) is 0 Å². The molecule has 4 nitrogen and oxygen atoms in total. The summed E-state index contributed by atoms with van der Waals surface area (Å²) in [5, 5.41) is 0.0852. The van der Waals surface area contributed by atoms with Gasteiger partial charge in [-0.3, -0.25) is 4.57 Å². The van der Waals surface area contributed by atoms with Gasteiger partial charge in [-0.1, -0.05) is 0 Å². The average Bonchev–Trinajstić information content (AvgIpc) is 2.77. The van der Waals surface area contributed by atoms with Crippen molar-refractivity contribution in [2.45, 2.75) is 25.9 Å². The SMILES string of the molecule is CCOP(=O)(OCC)C(F)c1nc(C(F)(F)F)cs1. The van der Waals surface area contributed by atoms with E-state index in [1.807, 2.05) is 0 Å². The van der Waals surface area contributed by atoms with Gasteiger partial charge in [0.05, 0.1) is 13.2 Å². The Morgan fingerprint density at radius 1 is 1.37 bits per heavy atom. The van der Waals surface area contributed by atoms with Crippen LogP contribution in [0.25, 0.3) is 0 Å². The van der Waals surface area contributed by atoms with Crippen LogP contribution in [-0.2, 0) is 19.8 Å². The van der Waals surface area contributed by atoms with Gasteiger partial charge in [-0.05, 0) is 13.8 Å². The molecule has 1 atom stereocenters. The van der Waals surface area contributed by atoms with Gasteiger partial charge in [-0.2, -0.15) is 13.2 Å². The molecule has 0 aliphatic rings. The number of halogens is 4. The number of rotatable bonds is 6. The molecule has 1 heterocycles.